The Kier molecular flexibility index (Phi) is 4.89. The molecule has 0 aromatic heterocycles. The summed E-state index contributed by atoms with van der Waals surface area (Å²) in [6.07, 6.45) is -2.79. The van der Waals surface area contributed by atoms with Crippen LogP contribution in [0.2, 0.25) is 0 Å². The summed E-state index contributed by atoms with van der Waals surface area (Å²) in [4.78, 5) is 0. The predicted octanol–water partition coefficient (Wildman–Crippen LogP) is -1.34. The molecule has 0 aliphatic heterocycles. The molecule has 4 nitrogen and oxygen atoms in total. The maximum Gasteiger partial charge on any atom is 0.220 e. The van der Waals surface area contributed by atoms with Crippen LogP contribution in [0.5, 0.6) is 0 Å². The molecule has 0 rings (SSSR count). The van der Waals surface area contributed by atoms with Crippen LogP contribution in [0.15, 0.2) is 0 Å². The van der Waals surface area contributed by atoms with Gasteiger partial charge >= 0.3 is 0 Å². The molecule has 0 aromatic rings. The smallest absolute Gasteiger partial charge is 0.220 e. The fraction of sp³-hybridized carbons (Fsp3) is 0.667. The molecule has 0 heterocycles. The van der Waals surface area contributed by atoms with Crippen LogP contribution in [-0.2, 0) is 4.74 Å². The zero-order valence-electron chi connectivity index (χ0n) is 5.61. The molecule has 0 radical (unpaired) electrons. The molecule has 0 amide bonds. The molecule has 10 heavy (non-hydrogen) atoms. The zero-order chi connectivity index (χ0) is 7.98. The number of aliphatic hydroxyl groups excluding tert-OH is 2. The van der Waals surface area contributed by atoms with E-state index >= 15 is 0 Å². The summed E-state index contributed by atoms with van der Waals surface area (Å²) >= 11 is 0. The van der Waals surface area contributed by atoms with Crippen molar-refractivity contribution in [2.45, 2.75) is 19.5 Å². The van der Waals surface area contributed by atoms with Crippen LogP contribution in [-0.4, -0.2) is 34.5 Å². The Bertz CT molecular complexity index is 132. The lowest BCUT2D eigenvalue weighted by molar-refractivity contribution is -0.144. The van der Waals surface area contributed by atoms with E-state index < -0.39 is 12.6 Å². The van der Waals surface area contributed by atoms with Gasteiger partial charge in [-0.2, -0.15) is 0 Å². The first kappa shape index (κ1) is 9.40. The molecule has 0 spiro atoms. The van der Waals surface area contributed by atoms with Gasteiger partial charge in [0, 0.05) is 0 Å². The van der Waals surface area contributed by atoms with Crippen molar-refractivity contribution in [3.8, 4) is 11.8 Å². The highest BCUT2D eigenvalue weighted by Crippen LogP contribution is 1.85. The molecule has 0 aromatic carbocycles. The number of ether oxygens (including phenoxy) is 1. The Hall–Kier alpha value is -0.600. The fourth-order valence-corrected chi connectivity index (χ4v) is 0.342. The number of hydrogen-bond acceptors (Lipinski definition) is 4. The Morgan fingerprint density at radius 3 is 2.40 bits per heavy atom. The SMILES string of the molecule is CC#CC(O)OCC(O)O. The predicted molar refractivity (Wildman–Crippen MR) is 33.6 cm³/mol. The zero-order valence-corrected chi connectivity index (χ0v) is 5.61. The van der Waals surface area contributed by atoms with Crippen molar-refractivity contribution in [1.29, 1.82) is 0 Å². The molecular weight excluding hydrogens is 136 g/mol. The van der Waals surface area contributed by atoms with E-state index in [1.54, 1.807) is 6.92 Å². The summed E-state index contributed by atoms with van der Waals surface area (Å²) in [6, 6.07) is 0. The molecule has 0 aliphatic rings. The normalized spacial score (nSPS) is 12.5. The standard InChI is InChI=1S/C6H10O4/c1-2-3-6(9)10-4-5(7)8/h5-9H,4H2,1H3. The minimum Gasteiger partial charge on any atom is -0.366 e. The molecule has 58 valence electrons. The lowest BCUT2D eigenvalue weighted by Crippen LogP contribution is -2.19. The van der Waals surface area contributed by atoms with Gasteiger partial charge in [-0.25, -0.2) is 0 Å². The van der Waals surface area contributed by atoms with E-state index in [2.05, 4.69) is 16.6 Å². The van der Waals surface area contributed by atoms with Gasteiger partial charge in [-0.3, -0.25) is 0 Å². The van der Waals surface area contributed by atoms with Gasteiger partial charge in [0.15, 0.2) is 6.29 Å². The van der Waals surface area contributed by atoms with Crippen molar-refractivity contribution in [1.82, 2.24) is 0 Å². The highest BCUT2D eigenvalue weighted by Gasteiger charge is 2.01. The summed E-state index contributed by atoms with van der Waals surface area (Å²) in [5, 5.41) is 25.2. The van der Waals surface area contributed by atoms with Crippen LogP contribution in [0.4, 0.5) is 0 Å². The molecule has 3 N–H and O–H groups in total. The molecule has 0 fully saturated rings. The van der Waals surface area contributed by atoms with Crippen molar-refractivity contribution in [3.63, 3.8) is 0 Å². The van der Waals surface area contributed by atoms with Crippen LogP contribution in [0.25, 0.3) is 0 Å². The van der Waals surface area contributed by atoms with Gasteiger partial charge in [0.1, 0.15) is 6.61 Å². The average Bonchev–Trinajstić information content (AvgIpc) is 1.85. The van der Waals surface area contributed by atoms with Crippen molar-refractivity contribution in [2.24, 2.45) is 0 Å². The maximum absolute atomic E-state index is 8.68. The topological polar surface area (TPSA) is 69.9 Å². The Morgan fingerprint density at radius 1 is 1.40 bits per heavy atom. The second kappa shape index (κ2) is 5.21. The van der Waals surface area contributed by atoms with E-state index in [-0.39, 0.29) is 6.61 Å². The third-order valence-electron chi connectivity index (χ3n) is 0.671. The second-order valence-electron chi connectivity index (χ2n) is 1.56. The monoisotopic (exact) mass is 146 g/mol. The van der Waals surface area contributed by atoms with Crippen molar-refractivity contribution in [2.75, 3.05) is 6.61 Å². The third-order valence-corrected chi connectivity index (χ3v) is 0.671. The molecular formula is C6H10O4. The van der Waals surface area contributed by atoms with E-state index in [1.807, 2.05) is 0 Å². The summed E-state index contributed by atoms with van der Waals surface area (Å²) in [5.74, 6) is 4.66. The van der Waals surface area contributed by atoms with E-state index in [0.29, 0.717) is 0 Å². The number of hydrogen-bond donors (Lipinski definition) is 3. The summed E-state index contributed by atoms with van der Waals surface area (Å²) in [5.41, 5.74) is 0. The molecule has 0 saturated heterocycles. The maximum atomic E-state index is 8.68. The lowest BCUT2D eigenvalue weighted by Gasteiger charge is -2.05. The van der Waals surface area contributed by atoms with Crippen LogP contribution >= 0.6 is 0 Å². The van der Waals surface area contributed by atoms with Crippen molar-refractivity contribution >= 4 is 0 Å². The average molecular weight is 146 g/mol. The summed E-state index contributed by atoms with van der Waals surface area (Å²) in [7, 11) is 0. The highest BCUT2D eigenvalue weighted by atomic mass is 16.6. The van der Waals surface area contributed by atoms with Crippen LogP contribution < -0.4 is 0 Å². The molecule has 0 aliphatic carbocycles. The van der Waals surface area contributed by atoms with Gasteiger partial charge < -0.3 is 20.1 Å². The molecule has 4 heteroatoms. The quantitative estimate of drug-likeness (QED) is 0.340. The van der Waals surface area contributed by atoms with E-state index in [4.69, 9.17) is 15.3 Å². The van der Waals surface area contributed by atoms with Gasteiger partial charge in [0.05, 0.1) is 0 Å². The van der Waals surface area contributed by atoms with Crippen LogP contribution in [0.3, 0.4) is 0 Å². The molecule has 1 atom stereocenters. The molecule has 1 unspecified atom stereocenters. The van der Waals surface area contributed by atoms with Crippen LogP contribution in [0, 0.1) is 11.8 Å². The number of rotatable bonds is 3. The second-order valence-corrected chi connectivity index (χ2v) is 1.56. The minimum absolute atomic E-state index is 0.337. The van der Waals surface area contributed by atoms with E-state index in [9.17, 15) is 0 Å². The van der Waals surface area contributed by atoms with Gasteiger partial charge in [0.25, 0.3) is 0 Å². The van der Waals surface area contributed by atoms with Gasteiger partial charge in [-0.15, -0.1) is 5.92 Å². The van der Waals surface area contributed by atoms with Gasteiger partial charge in [0.2, 0.25) is 6.29 Å². The van der Waals surface area contributed by atoms with Gasteiger partial charge in [-0.1, -0.05) is 0 Å². The third kappa shape index (κ3) is 5.54. The first-order valence-electron chi connectivity index (χ1n) is 2.75. The summed E-state index contributed by atoms with van der Waals surface area (Å²) < 4.78 is 4.43. The largest absolute Gasteiger partial charge is 0.366 e. The lowest BCUT2D eigenvalue weighted by atomic mass is 10.6. The van der Waals surface area contributed by atoms with E-state index in [0.717, 1.165) is 0 Å². The first-order valence-corrected chi connectivity index (χ1v) is 2.75. The first-order chi connectivity index (χ1) is 4.66. The number of aliphatic hydroxyl groups is 3. The Morgan fingerprint density at radius 2 is 2.00 bits per heavy atom. The summed E-state index contributed by atoms with van der Waals surface area (Å²) in [6.45, 7) is 1.21. The minimum atomic E-state index is -1.56. The molecule has 0 bridgehead atoms. The Labute approximate surface area is 59.1 Å². The van der Waals surface area contributed by atoms with Gasteiger partial charge in [-0.05, 0) is 12.8 Å². The Balaban J connectivity index is 3.36. The van der Waals surface area contributed by atoms with Crippen LogP contribution in [0.1, 0.15) is 6.92 Å². The van der Waals surface area contributed by atoms with E-state index in [1.165, 1.54) is 0 Å². The highest BCUT2D eigenvalue weighted by molar-refractivity contribution is 4.97. The fourth-order valence-electron chi connectivity index (χ4n) is 0.342. The molecule has 0 saturated carbocycles. The van der Waals surface area contributed by atoms with Crippen molar-refractivity contribution < 1.29 is 20.1 Å². The van der Waals surface area contributed by atoms with Crippen molar-refractivity contribution in [3.05, 3.63) is 0 Å².